The van der Waals surface area contributed by atoms with E-state index < -0.39 is 18.3 Å². The highest BCUT2D eigenvalue weighted by molar-refractivity contribution is 5.91. The second-order valence-corrected chi connectivity index (χ2v) is 11.6. The first-order valence-corrected chi connectivity index (χ1v) is 15.7. The van der Waals surface area contributed by atoms with Gasteiger partial charge in [0.1, 0.15) is 6.54 Å². The minimum atomic E-state index is -0.597. The molecule has 2 saturated heterocycles. The second-order valence-electron chi connectivity index (χ2n) is 11.6. The molecule has 2 heterocycles. The summed E-state index contributed by atoms with van der Waals surface area (Å²) in [6, 6.07) is 25.4. The minimum absolute atomic E-state index is 0.00675. The summed E-state index contributed by atoms with van der Waals surface area (Å²) in [5.41, 5.74) is 4.65. The summed E-state index contributed by atoms with van der Waals surface area (Å²) < 4.78 is 18.1. The molecule has 0 radical (unpaired) electrons. The maximum Gasteiger partial charge on any atom is 0.325 e. The molecule has 0 bridgehead atoms. The third kappa shape index (κ3) is 9.12. The second kappa shape index (κ2) is 16.0. The third-order valence-corrected chi connectivity index (χ3v) is 8.41. The number of esters is 1. The van der Waals surface area contributed by atoms with E-state index in [2.05, 4.69) is 57.7 Å². The van der Waals surface area contributed by atoms with Crippen LogP contribution in [0.3, 0.4) is 0 Å². The maximum atomic E-state index is 12.2. The van der Waals surface area contributed by atoms with Gasteiger partial charge in [-0.05, 0) is 35.7 Å². The van der Waals surface area contributed by atoms with Gasteiger partial charge in [-0.15, -0.1) is 0 Å². The summed E-state index contributed by atoms with van der Waals surface area (Å²) in [6.45, 7) is 9.65. The van der Waals surface area contributed by atoms with Crippen molar-refractivity contribution >= 4 is 17.7 Å². The van der Waals surface area contributed by atoms with Crippen LogP contribution in [0, 0.1) is 5.92 Å². The Kier molecular flexibility index (Phi) is 11.6. The lowest BCUT2D eigenvalue weighted by Crippen LogP contribution is -2.51. The average molecular weight is 617 g/mol. The molecule has 3 aromatic carbocycles. The van der Waals surface area contributed by atoms with Crippen molar-refractivity contribution in [3.05, 3.63) is 101 Å². The lowest BCUT2D eigenvalue weighted by molar-refractivity contribution is -0.276. The van der Waals surface area contributed by atoms with Crippen LogP contribution in [0.25, 0.3) is 0 Å². The molecule has 10 heteroatoms. The van der Waals surface area contributed by atoms with E-state index in [-0.39, 0.29) is 37.9 Å². The van der Waals surface area contributed by atoms with Gasteiger partial charge in [-0.1, -0.05) is 73.7 Å². The van der Waals surface area contributed by atoms with Crippen LogP contribution in [0.15, 0.2) is 78.9 Å². The van der Waals surface area contributed by atoms with Gasteiger partial charge in [-0.3, -0.25) is 14.6 Å². The molecule has 4 atom stereocenters. The molecule has 10 nitrogen and oxygen atoms in total. The number of rotatable bonds is 11. The van der Waals surface area contributed by atoms with Crippen molar-refractivity contribution < 1.29 is 28.9 Å². The first-order chi connectivity index (χ1) is 21.9. The van der Waals surface area contributed by atoms with Crippen molar-refractivity contribution in [2.24, 2.45) is 5.92 Å². The molecule has 45 heavy (non-hydrogen) atoms. The van der Waals surface area contributed by atoms with Crippen LogP contribution < -0.4 is 10.6 Å². The maximum absolute atomic E-state index is 12.2. The Morgan fingerprint density at radius 3 is 2.20 bits per heavy atom. The van der Waals surface area contributed by atoms with Crippen molar-refractivity contribution in [2.75, 3.05) is 51.2 Å². The number of ether oxygens (including phenoxy) is 3. The Hall–Kier alpha value is -3.80. The largest absolute Gasteiger partial charge is 0.465 e. The van der Waals surface area contributed by atoms with Crippen molar-refractivity contribution in [2.45, 2.75) is 45.5 Å². The predicted molar refractivity (Wildman–Crippen MR) is 171 cm³/mol. The van der Waals surface area contributed by atoms with Crippen molar-refractivity contribution in [1.29, 1.82) is 0 Å². The van der Waals surface area contributed by atoms with Crippen LogP contribution in [0.5, 0.6) is 0 Å². The standard InChI is InChI=1S/C35H44N4O6/c1-3-43-32(41)21-36-35(42)37-30-15-13-29(14-16-30)34-44-31(25(2)33(45-34)28-11-9-27(24-40)10-12-28)23-39-19-17-38(18-20-39)22-26-7-5-4-6-8-26/h4-16,25,31,33-34,40H,3,17-24H2,1-2H3,(H2,36,37,42). The van der Waals surface area contributed by atoms with E-state index in [1.165, 1.54) is 5.56 Å². The molecule has 0 aromatic heterocycles. The lowest BCUT2D eigenvalue weighted by Gasteiger charge is -2.44. The zero-order valence-electron chi connectivity index (χ0n) is 26.1. The molecule has 2 amide bonds. The summed E-state index contributed by atoms with van der Waals surface area (Å²) in [7, 11) is 0. The number of aliphatic hydroxyl groups excluding tert-OH is 1. The Bertz CT molecular complexity index is 1360. The molecule has 240 valence electrons. The quantitative estimate of drug-likeness (QED) is 0.271. The Morgan fingerprint density at radius 1 is 0.867 bits per heavy atom. The average Bonchev–Trinajstić information content (AvgIpc) is 3.07. The molecule has 0 aliphatic carbocycles. The molecule has 5 rings (SSSR count). The fourth-order valence-corrected chi connectivity index (χ4v) is 5.82. The number of benzene rings is 3. The van der Waals surface area contributed by atoms with Crippen molar-refractivity contribution in [3.8, 4) is 0 Å². The van der Waals surface area contributed by atoms with E-state index in [0.29, 0.717) is 5.69 Å². The number of nitrogens with one attached hydrogen (secondary N) is 2. The summed E-state index contributed by atoms with van der Waals surface area (Å²) in [6.07, 6.45) is -0.870. The minimum Gasteiger partial charge on any atom is -0.465 e. The number of hydrogen-bond acceptors (Lipinski definition) is 8. The van der Waals surface area contributed by atoms with Gasteiger partial charge in [0.15, 0.2) is 6.29 Å². The van der Waals surface area contributed by atoms with Crippen LogP contribution in [0.2, 0.25) is 0 Å². The van der Waals surface area contributed by atoms with Crippen LogP contribution in [0.4, 0.5) is 10.5 Å². The first-order valence-electron chi connectivity index (χ1n) is 15.7. The van der Waals surface area contributed by atoms with Gasteiger partial charge in [0.2, 0.25) is 0 Å². The normalized spacial score (nSPS) is 22.5. The van der Waals surface area contributed by atoms with Gasteiger partial charge in [0.05, 0.1) is 25.4 Å². The molecule has 4 unspecified atom stereocenters. The zero-order chi connectivity index (χ0) is 31.6. The van der Waals surface area contributed by atoms with Crippen LogP contribution in [-0.2, 0) is 32.2 Å². The summed E-state index contributed by atoms with van der Waals surface area (Å²) in [5, 5.41) is 14.8. The summed E-state index contributed by atoms with van der Waals surface area (Å²) in [4.78, 5) is 28.7. The van der Waals surface area contributed by atoms with Gasteiger partial charge in [0.25, 0.3) is 0 Å². The molecule has 2 fully saturated rings. The van der Waals surface area contributed by atoms with E-state index in [4.69, 9.17) is 14.2 Å². The van der Waals surface area contributed by atoms with Gasteiger partial charge in [0, 0.05) is 56.4 Å². The highest BCUT2D eigenvalue weighted by atomic mass is 16.7. The molecule has 3 aromatic rings. The van der Waals surface area contributed by atoms with Gasteiger partial charge in [-0.25, -0.2) is 4.79 Å². The van der Waals surface area contributed by atoms with Crippen LogP contribution >= 0.6 is 0 Å². The van der Waals surface area contributed by atoms with E-state index in [1.807, 2.05) is 36.4 Å². The highest BCUT2D eigenvalue weighted by Crippen LogP contribution is 2.42. The first kappa shape index (κ1) is 32.6. The number of carbonyl (C=O) groups is 2. The Balaban J connectivity index is 1.24. The van der Waals surface area contributed by atoms with Crippen molar-refractivity contribution in [3.63, 3.8) is 0 Å². The Labute approximate surface area is 265 Å². The van der Waals surface area contributed by atoms with Gasteiger partial charge in [-0.2, -0.15) is 0 Å². The SMILES string of the molecule is CCOC(=O)CNC(=O)Nc1ccc(C2OC(CN3CCN(Cc4ccccc4)CC3)C(C)C(c3ccc(CO)cc3)O2)cc1. The number of anilines is 1. The topological polar surface area (TPSA) is 113 Å². The smallest absolute Gasteiger partial charge is 0.325 e. The predicted octanol–water partition coefficient (Wildman–Crippen LogP) is 4.47. The summed E-state index contributed by atoms with van der Waals surface area (Å²) >= 11 is 0. The third-order valence-electron chi connectivity index (χ3n) is 8.41. The highest BCUT2D eigenvalue weighted by Gasteiger charge is 2.39. The Morgan fingerprint density at radius 2 is 1.53 bits per heavy atom. The number of carbonyl (C=O) groups excluding carboxylic acids is 2. The van der Waals surface area contributed by atoms with Crippen LogP contribution in [-0.4, -0.2) is 78.9 Å². The monoisotopic (exact) mass is 616 g/mol. The molecule has 3 N–H and O–H groups in total. The summed E-state index contributed by atoms with van der Waals surface area (Å²) in [5.74, 6) is -0.402. The van der Waals surface area contributed by atoms with Gasteiger partial charge >= 0.3 is 12.0 Å². The number of hydrogen-bond donors (Lipinski definition) is 3. The molecule has 2 aliphatic heterocycles. The fourth-order valence-electron chi connectivity index (χ4n) is 5.82. The number of piperazine rings is 1. The van der Waals surface area contributed by atoms with E-state index in [1.54, 1.807) is 19.1 Å². The van der Waals surface area contributed by atoms with Gasteiger partial charge < -0.3 is 30.0 Å². The zero-order valence-corrected chi connectivity index (χ0v) is 26.1. The van der Waals surface area contributed by atoms with E-state index >= 15 is 0 Å². The van der Waals surface area contributed by atoms with E-state index in [0.717, 1.165) is 56.0 Å². The number of amides is 2. The number of urea groups is 1. The molecular formula is C35H44N4O6. The fraction of sp³-hybridized carbons (Fsp3) is 0.429. The molecule has 0 spiro atoms. The number of aliphatic hydroxyl groups is 1. The lowest BCUT2D eigenvalue weighted by atomic mass is 9.90. The van der Waals surface area contributed by atoms with Crippen molar-refractivity contribution in [1.82, 2.24) is 15.1 Å². The molecule has 0 saturated carbocycles. The molecule has 2 aliphatic rings. The van der Waals surface area contributed by atoms with E-state index in [9.17, 15) is 14.7 Å². The van der Waals surface area contributed by atoms with Crippen LogP contribution in [0.1, 0.15) is 48.5 Å². The number of nitrogens with zero attached hydrogens (tertiary/aromatic N) is 2. The molecular weight excluding hydrogens is 572 g/mol.